The summed E-state index contributed by atoms with van der Waals surface area (Å²) in [5.74, 6) is 0.134. The molecule has 0 unspecified atom stereocenters. The molecule has 1 aromatic heterocycles. The summed E-state index contributed by atoms with van der Waals surface area (Å²) in [5.41, 5.74) is 2.76. The van der Waals surface area contributed by atoms with Crippen LogP contribution < -0.4 is 0 Å². The van der Waals surface area contributed by atoms with Crippen molar-refractivity contribution in [1.82, 2.24) is 4.98 Å². The molecular weight excluding hydrogens is 210 g/mol. The van der Waals surface area contributed by atoms with Crippen molar-refractivity contribution in [3.05, 3.63) is 59.4 Å². The van der Waals surface area contributed by atoms with Crippen molar-refractivity contribution in [2.24, 2.45) is 0 Å². The van der Waals surface area contributed by atoms with Crippen LogP contribution in [0.25, 0.3) is 0 Å². The molecule has 0 spiro atoms. The van der Waals surface area contributed by atoms with E-state index >= 15 is 0 Å². The van der Waals surface area contributed by atoms with Crippen molar-refractivity contribution in [1.29, 1.82) is 0 Å². The number of hydrogen-bond acceptors (Lipinski definition) is 1. The third-order valence-electron chi connectivity index (χ3n) is 2.34. The van der Waals surface area contributed by atoms with Gasteiger partial charge in [0.15, 0.2) is 5.78 Å². The molecule has 0 aliphatic heterocycles. The Morgan fingerprint density at radius 2 is 1.71 bits per heavy atom. The molecule has 0 saturated carbocycles. The molecule has 0 aliphatic carbocycles. The molecule has 0 fully saturated rings. The van der Waals surface area contributed by atoms with Crippen molar-refractivity contribution in [2.75, 3.05) is 0 Å². The van der Waals surface area contributed by atoms with Crippen molar-refractivity contribution in [3.8, 4) is 0 Å². The fourth-order valence-electron chi connectivity index (χ4n) is 1.54. The highest BCUT2D eigenvalue weighted by molar-refractivity contribution is 5.95. The maximum Gasteiger partial charge on any atom is 0.183 e. The van der Waals surface area contributed by atoms with E-state index in [-0.39, 0.29) is 5.78 Å². The molecule has 0 aliphatic rings. The molecule has 90 valence electrons. The van der Waals surface area contributed by atoms with Gasteiger partial charge in [-0.05, 0) is 24.6 Å². The van der Waals surface area contributed by atoms with Crippen LogP contribution in [-0.2, 0) is 6.42 Å². The van der Waals surface area contributed by atoms with Crippen LogP contribution >= 0.6 is 0 Å². The van der Waals surface area contributed by atoms with Crippen molar-refractivity contribution >= 4 is 5.78 Å². The Bertz CT molecular complexity index is 457. The molecule has 0 bridgehead atoms. The van der Waals surface area contributed by atoms with E-state index < -0.39 is 0 Å². The second-order valence-electron chi connectivity index (χ2n) is 3.64. The zero-order chi connectivity index (χ0) is 12.7. The highest BCUT2D eigenvalue weighted by atomic mass is 16.1. The number of carbonyl (C=O) groups is 1. The van der Waals surface area contributed by atoms with E-state index in [0.717, 1.165) is 11.3 Å². The van der Waals surface area contributed by atoms with Crippen molar-refractivity contribution in [2.45, 2.75) is 27.2 Å². The lowest BCUT2D eigenvalue weighted by atomic mass is 10.1. The van der Waals surface area contributed by atoms with Crippen LogP contribution in [0.5, 0.6) is 0 Å². The summed E-state index contributed by atoms with van der Waals surface area (Å²) in [6.07, 6.45) is 0.459. The molecule has 1 N–H and O–H groups in total. The maximum atomic E-state index is 11.8. The van der Waals surface area contributed by atoms with Crippen LogP contribution in [0.1, 0.15) is 35.6 Å². The number of ketones is 1. The van der Waals surface area contributed by atoms with E-state index in [1.54, 1.807) is 0 Å². The first-order chi connectivity index (χ1) is 8.25. The largest absolute Gasteiger partial charge is 0.356 e. The number of nitrogens with one attached hydrogen (secondary N) is 1. The van der Waals surface area contributed by atoms with Gasteiger partial charge in [-0.15, -0.1) is 0 Å². The second-order valence-corrected chi connectivity index (χ2v) is 3.64. The molecule has 0 radical (unpaired) electrons. The first-order valence-electron chi connectivity index (χ1n) is 5.98. The zero-order valence-electron chi connectivity index (χ0n) is 10.7. The minimum atomic E-state index is 0.134. The summed E-state index contributed by atoms with van der Waals surface area (Å²) >= 11 is 0. The summed E-state index contributed by atoms with van der Waals surface area (Å²) in [6.45, 7) is 5.94. The van der Waals surface area contributed by atoms with Crippen molar-refractivity contribution < 1.29 is 4.79 Å². The summed E-state index contributed by atoms with van der Waals surface area (Å²) < 4.78 is 0. The molecule has 1 aromatic carbocycles. The molecule has 2 rings (SSSR count). The minimum absolute atomic E-state index is 0.134. The van der Waals surface area contributed by atoms with Crippen LogP contribution in [0.3, 0.4) is 0 Å². The third-order valence-corrected chi connectivity index (χ3v) is 2.34. The fourth-order valence-corrected chi connectivity index (χ4v) is 1.54. The van der Waals surface area contributed by atoms with Gasteiger partial charge in [-0.3, -0.25) is 4.79 Å². The Balaban J connectivity index is 0.000000686. The molecule has 2 nitrogen and oxygen atoms in total. The smallest absolute Gasteiger partial charge is 0.183 e. The number of aromatic nitrogens is 1. The highest BCUT2D eigenvalue weighted by Gasteiger charge is 2.07. The lowest BCUT2D eigenvalue weighted by molar-refractivity contribution is 0.0988. The van der Waals surface area contributed by atoms with Gasteiger partial charge >= 0.3 is 0 Å². The molecular formula is C15H19NO. The number of H-pyrrole nitrogens is 1. The van der Waals surface area contributed by atoms with Gasteiger partial charge in [0, 0.05) is 12.1 Å². The molecule has 2 aromatic rings. The molecule has 0 saturated heterocycles. The van der Waals surface area contributed by atoms with Gasteiger partial charge in [-0.1, -0.05) is 44.2 Å². The Kier molecular flexibility index (Phi) is 5.21. The molecule has 2 heteroatoms. The maximum absolute atomic E-state index is 11.8. The number of aryl methyl sites for hydroxylation is 1. The van der Waals surface area contributed by atoms with Gasteiger partial charge in [0.2, 0.25) is 0 Å². The minimum Gasteiger partial charge on any atom is -0.356 e. The Labute approximate surface area is 103 Å². The van der Waals surface area contributed by atoms with Gasteiger partial charge in [-0.25, -0.2) is 0 Å². The van der Waals surface area contributed by atoms with Crippen LogP contribution in [-0.4, -0.2) is 10.8 Å². The molecule has 17 heavy (non-hydrogen) atoms. The number of rotatable bonds is 3. The molecule has 0 amide bonds. The number of carbonyl (C=O) groups excluding carboxylic acids is 1. The van der Waals surface area contributed by atoms with E-state index in [4.69, 9.17) is 0 Å². The average Bonchev–Trinajstić information content (AvgIpc) is 2.80. The topological polar surface area (TPSA) is 32.9 Å². The normalized spacial score (nSPS) is 9.35. The van der Waals surface area contributed by atoms with Crippen LogP contribution in [0.15, 0.2) is 42.5 Å². The number of hydrogen-bond donors (Lipinski definition) is 1. The second kappa shape index (κ2) is 6.69. The SMILES string of the molecule is CC.Cc1ccc(C(=O)Cc2ccccc2)[nH]1. The lowest BCUT2D eigenvalue weighted by Crippen LogP contribution is -2.03. The molecule has 1 heterocycles. The van der Waals surface area contributed by atoms with Gasteiger partial charge < -0.3 is 4.98 Å². The summed E-state index contributed by atoms with van der Waals surface area (Å²) in [4.78, 5) is 14.8. The number of benzene rings is 1. The quantitative estimate of drug-likeness (QED) is 0.798. The number of aromatic amines is 1. The summed E-state index contributed by atoms with van der Waals surface area (Å²) in [5, 5.41) is 0. The lowest BCUT2D eigenvalue weighted by Gasteiger charge is -1.98. The molecule has 0 atom stereocenters. The Morgan fingerprint density at radius 3 is 2.24 bits per heavy atom. The van der Waals surface area contributed by atoms with Gasteiger partial charge in [-0.2, -0.15) is 0 Å². The van der Waals surface area contributed by atoms with Gasteiger partial charge in [0.25, 0.3) is 0 Å². The predicted molar refractivity (Wildman–Crippen MR) is 71.4 cm³/mol. The van der Waals surface area contributed by atoms with E-state index in [9.17, 15) is 4.79 Å². The van der Waals surface area contributed by atoms with E-state index in [0.29, 0.717) is 12.1 Å². The fraction of sp³-hybridized carbons (Fsp3) is 0.267. The van der Waals surface area contributed by atoms with E-state index in [2.05, 4.69) is 4.98 Å². The zero-order valence-corrected chi connectivity index (χ0v) is 10.7. The predicted octanol–water partition coefficient (Wildman–Crippen LogP) is 3.77. The average molecular weight is 229 g/mol. The van der Waals surface area contributed by atoms with Crippen molar-refractivity contribution in [3.63, 3.8) is 0 Å². The summed E-state index contributed by atoms with van der Waals surface area (Å²) in [7, 11) is 0. The monoisotopic (exact) mass is 229 g/mol. The van der Waals surface area contributed by atoms with Gasteiger partial charge in [0.1, 0.15) is 0 Å². The Hall–Kier alpha value is -1.83. The van der Waals surface area contributed by atoms with Crippen LogP contribution in [0.2, 0.25) is 0 Å². The highest BCUT2D eigenvalue weighted by Crippen LogP contribution is 2.07. The third kappa shape index (κ3) is 3.91. The first-order valence-corrected chi connectivity index (χ1v) is 5.98. The van der Waals surface area contributed by atoms with Crippen LogP contribution in [0.4, 0.5) is 0 Å². The standard InChI is InChI=1S/C13H13NO.C2H6/c1-10-7-8-12(14-10)13(15)9-11-5-3-2-4-6-11;1-2/h2-8,14H,9H2,1H3;1-2H3. The van der Waals surface area contributed by atoms with Gasteiger partial charge in [0.05, 0.1) is 5.69 Å². The Morgan fingerprint density at radius 1 is 1.06 bits per heavy atom. The summed E-state index contributed by atoms with van der Waals surface area (Å²) in [6, 6.07) is 13.5. The van der Waals surface area contributed by atoms with Crippen LogP contribution in [0, 0.1) is 6.92 Å². The first kappa shape index (κ1) is 13.2. The number of Topliss-reactive ketones (excluding diaryl/α,β-unsaturated/α-hetero) is 1. The van der Waals surface area contributed by atoms with E-state index in [1.165, 1.54) is 0 Å². The van der Waals surface area contributed by atoms with E-state index in [1.807, 2.05) is 63.2 Å².